The Morgan fingerprint density at radius 1 is 1.04 bits per heavy atom. The molecule has 1 aliphatic heterocycles. The number of aromatic nitrogens is 1. The van der Waals surface area contributed by atoms with Crippen molar-refractivity contribution in [3.63, 3.8) is 0 Å². The molecule has 4 rings (SSSR count). The number of benzene rings is 2. The number of aromatic amines is 1. The Hall–Kier alpha value is -2.60. The molecule has 1 aliphatic rings. The normalized spacial score (nSPS) is 14.8. The third-order valence-corrected chi connectivity index (χ3v) is 6.03. The summed E-state index contributed by atoms with van der Waals surface area (Å²) in [5.41, 5.74) is 3.44. The third kappa shape index (κ3) is 3.12. The molecule has 1 aromatic heterocycles. The van der Waals surface area contributed by atoms with Crippen LogP contribution in [-0.4, -0.2) is 47.3 Å². The van der Waals surface area contributed by atoms with Gasteiger partial charge < -0.3 is 19.9 Å². The molecule has 0 unspecified atom stereocenters. The lowest BCUT2D eigenvalue weighted by molar-refractivity contribution is 0.142. The number of nitrogens with zero attached hydrogens (tertiary/aromatic N) is 2. The molecule has 2 aromatic carbocycles. The van der Waals surface area contributed by atoms with Crippen LogP contribution in [0.25, 0.3) is 10.9 Å². The average Bonchev–Trinajstić information content (AvgIpc) is 2.98. The Kier molecular flexibility index (Phi) is 4.51. The van der Waals surface area contributed by atoms with Crippen LogP contribution in [-0.2, 0) is 0 Å². The van der Waals surface area contributed by atoms with Crippen molar-refractivity contribution in [1.29, 1.82) is 0 Å². The number of H-pyrrole nitrogens is 1. The molecule has 1 saturated heterocycles. The Bertz CT molecular complexity index is 931. The Morgan fingerprint density at radius 3 is 2.46 bits per heavy atom. The molecule has 0 spiro atoms. The summed E-state index contributed by atoms with van der Waals surface area (Å²) in [4.78, 5) is 20.9. The highest BCUT2D eigenvalue weighted by Crippen LogP contribution is 2.39. The molecular formula is C20H21N3O2S. The minimum Gasteiger partial charge on any atom is -0.465 e. The van der Waals surface area contributed by atoms with Gasteiger partial charge in [0.25, 0.3) is 0 Å². The van der Waals surface area contributed by atoms with Crippen LogP contribution in [0, 0.1) is 6.92 Å². The largest absolute Gasteiger partial charge is 0.465 e. The van der Waals surface area contributed by atoms with E-state index in [0.717, 1.165) is 16.9 Å². The van der Waals surface area contributed by atoms with Crippen LogP contribution in [0.2, 0.25) is 0 Å². The number of carboxylic acid groups (broad SMARTS) is 1. The summed E-state index contributed by atoms with van der Waals surface area (Å²) in [7, 11) is 0. The minimum absolute atomic E-state index is 0.539. The van der Waals surface area contributed by atoms with Gasteiger partial charge in [0.15, 0.2) is 0 Å². The van der Waals surface area contributed by atoms with Crippen molar-refractivity contribution in [3.8, 4) is 0 Å². The van der Waals surface area contributed by atoms with Gasteiger partial charge >= 0.3 is 6.09 Å². The van der Waals surface area contributed by atoms with Crippen molar-refractivity contribution in [3.05, 3.63) is 54.2 Å². The fourth-order valence-electron chi connectivity index (χ4n) is 3.45. The van der Waals surface area contributed by atoms with Crippen molar-refractivity contribution in [1.82, 2.24) is 9.88 Å². The molecule has 0 radical (unpaired) electrons. The molecule has 26 heavy (non-hydrogen) atoms. The summed E-state index contributed by atoms with van der Waals surface area (Å²) in [6.45, 7) is 4.61. The number of amides is 1. The van der Waals surface area contributed by atoms with Crippen LogP contribution in [0.5, 0.6) is 0 Å². The fourth-order valence-corrected chi connectivity index (χ4v) is 4.46. The van der Waals surface area contributed by atoms with E-state index in [0.29, 0.717) is 26.2 Å². The highest BCUT2D eigenvalue weighted by Gasteiger charge is 2.23. The van der Waals surface area contributed by atoms with E-state index < -0.39 is 6.09 Å². The van der Waals surface area contributed by atoms with E-state index >= 15 is 0 Å². The molecule has 2 heterocycles. The number of fused-ring (bicyclic) bond motifs is 1. The van der Waals surface area contributed by atoms with Gasteiger partial charge in [-0.3, -0.25) is 0 Å². The first kappa shape index (κ1) is 16.8. The van der Waals surface area contributed by atoms with Gasteiger partial charge in [0, 0.05) is 47.1 Å². The van der Waals surface area contributed by atoms with Gasteiger partial charge in [-0.2, -0.15) is 0 Å². The van der Waals surface area contributed by atoms with Crippen LogP contribution in [0.4, 0.5) is 10.5 Å². The molecule has 0 aliphatic carbocycles. The molecular weight excluding hydrogens is 346 g/mol. The number of anilines is 1. The summed E-state index contributed by atoms with van der Waals surface area (Å²) in [5.74, 6) is 0. The second-order valence-corrected chi connectivity index (χ2v) is 7.53. The van der Waals surface area contributed by atoms with Crippen LogP contribution in [0.1, 0.15) is 5.69 Å². The van der Waals surface area contributed by atoms with Crippen molar-refractivity contribution in [2.24, 2.45) is 0 Å². The summed E-state index contributed by atoms with van der Waals surface area (Å²) >= 11 is 1.77. The lowest BCUT2D eigenvalue weighted by Gasteiger charge is -2.34. The predicted octanol–water partition coefficient (Wildman–Crippen LogP) is 4.43. The number of para-hydroxylation sites is 1. The van der Waals surface area contributed by atoms with Gasteiger partial charge in [0.1, 0.15) is 0 Å². The van der Waals surface area contributed by atoms with E-state index in [-0.39, 0.29) is 0 Å². The van der Waals surface area contributed by atoms with Crippen LogP contribution in [0.3, 0.4) is 0 Å². The molecule has 0 bridgehead atoms. The topological polar surface area (TPSA) is 59.6 Å². The van der Waals surface area contributed by atoms with E-state index in [1.807, 2.05) is 6.07 Å². The summed E-state index contributed by atoms with van der Waals surface area (Å²) in [6, 6.07) is 16.7. The monoisotopic (exact) mass is 367 g/mol. The first-order valence-electron chi connectivity index (χ1n) is 8.70. The van der Waals surface area contributed by atoms with E-state index in [9.17, 15) is 4.79 Å². The van der Waals surface area contributed by atoms with Gasteiger partial charge in [-0.05, 0) is 25.1 Å². The molecule has 0 saturated carbocycles. The smallest absolute Gasteiger partial charge is 0.407 e. The quantitative estimate of drug-likeness (QED) is 0.719. The van der Waals surface area contributed by atoms with Gasteiger partial charge in [-0.1, -0.05) is 42.1 Å². The molecule has 2 N–H and O–H groups in total. The van der Waals surface area contributed by atoms with Crippen molar-refractivity contribution < 1.29 is 9.90 Å². The molecule has 6 heteroatoms. The van der Waals surface area contributed by atoms with Gasteiger partial charge in [-0.25, -0.2) is 4.79 Å². The molecule has 0 atom stereocenters. The van der Waals surface area contributed by atoms with E-state index in [2.05, 4.69) is 59.3 Å². The zero-order chi connectivity index (χ0) is 18.1. The molecule has 1 amide bonds. The Balaban J connectivity index is 1.66. The van der Waals surface area contributed by atoms with Crippen molar-refractivity contribution >= 4 is 34.4 Å². The van der Waals surface area contributed by atoms with Crippen LogP contribution >= 0.6 is 11.8 Å². The van der Waals surface area contributed by atoms with Gasteiger partial charge in [-0.15, -0.1) is 0 Å². The minimum atomic E-state index is -0.833. The first-order chi connectivity index (χ1) is 12.6. The Labute approximate surface area is 156 Å². The van der Waals surface area contributed by atoms with Gasteiger partial charge in [0.05, 0.1) is 11.2 Å². The van der Waals surface area contributed by atoms with Crippen molar-refractivity contribution in [2.45, 2.75) is 16.7 Å². The summed E-state index contributed by atoms with van der Waals surface area (Å²) < 4.78 is 0. The maximum atomic E-state index is 11.1. The lowest BCUT2D eigenvalue weighted by Crippen LogP contribution is -2.48. The van der Waals surface area contributed by atoms with Gasteiger partial charge in [0.2, 0.25) is 0 Å². The fraction of sp³-hybridized carbons (Fsp3) is 0.250. The number of nitrogens with one attached hydrogen (secondary N) is 1. The number of hydrogen-bond donors (Lipinski definition) is 2. The highest BCUT2D eigenvalue weighted by atomic mass is 32.2. The molecule has 134 valence electrons. The van der Waals surface area contributed by atoms with Crippen molar-refractivity contribution in [2.75, 3.05) is 31.1 Å². The van der Waals surface area contributed by atoms with E-state index in [4.69, 9.17) is 5.11 Å². The number of aryl methyl sites for hydroxylation is 1. The van der Waals surface area contributed by atoms with Crippen LogP contribution < -0.4 is 4.90 Å². The van der Waals surface area contributed by atoms with E-state index in [1.54, 1.807) is 11.8 Å². The number of carbonyl (C=O) groups is 1. The second kappa shape index (κ2) is 6.96. The zero-order valence-corrected chi connectivity index (χ0v) is 15.4. The van der Waals surface area contributed by atoms with E-state index in [1.165, 1.54) is 20.1 Å². The highest BCUT2D eigenvalue weighted by molar-refractivity contribution is 7.99. The standard InChI is InChI=1S/C20H21N3O2S/c1-14-19(26-15-6-3-2-4-7-15)16-8-5-9-17(18(16)21-14)22-10-12-23(13-11-22)20(24)25/h2-9,21H,10-13H2,1H3,(H,24,25). The second-order valence-electron chi connectivity index (χ2n) is 6.45. The summed E-state index contributed by atoms with van der Waals surface area (Å²) in [6.07, 6.45) is -0.833. The average molecular weight is 367 g/mol. The number of piperazine rings is 1. The SMILES string of the molecule is Cc1[nH]c2c(N3CCN(C(=O)O)CC3)cccc2c1Sc1ccccc1. The number of rotatable bonds is 3. The van der Waals surface area contributed by atoms with Crippen LogP contribution in [0.15, 0.2) is 58.3 Å². The zero-order valence-electron chi connectivity index (χ0n) is 14.6. The molecule has 3 aromatic rings. The Morgan fingerprint density at radius 2 is 1.77 bits per heavy atom. The lowest BCUT2D eigenvalue weighted by atomic mass is 10.2. The molecule has 5 nitrogen and oxygen atoms in total. The number of hydrogen-bond acceptors (Lipinski definition) is 3. The third-order valence-electron chi connectivity index (χ3n) is 4.79. The maximum absolute atomic E-state index is 11.1. The molecule has 1 fully saturated rings. The predicted molar refractivity (Wildman–Crippen MR) is 105 cm³/mol. The first-order valence-corrected chi connectivity index (χ1v) is 9.52. The summed E-state index contributed by atoms with van der Waals surface area (Å²) in [5, 5.41) is 10.4. The maximum Gasteiger partial charge on any atom is 0.407 e.